The molecule has 10 heavy (non-hydrogen) atoms. The third kappa shape index (κ3) is 1.55. The van der Waals surface area contributed by atoms with Crippen molar-refractivity contribution >= 4 is 11.8 Å². The Morgan fingerprint density at radius 3 is 3.00 bits per heavy atom. The van der Waals surface area contributed by atoms with Crippen LogP contribution in [0.1, 0.15) is 6.42 Å². The van der Waals surface area contributed by atoms with Crippen molar-refractivity contribution in [3.63, 3.8) is 0 Å². The Kier molecular flexibility index (Phi) is 2.40. The normalized spacial score (nSPS) is 25.6. The van der Waals surface area contributed by atoms with Gasteiger partial charge in [0.05, 0.1) is 6.10 Å². The Hall–Kier alpha value is -0.410. The fourth-order valence-corrected chi connectivity index (χ4v) is 1.49. The maximum atomic E-state index is 9.14. The Balaban J connectivity index is 2.74. The number of hydrogen-bond acceptors (Lipinski definition) is 3. The first kappa shape index (κ1) is 7.69. The molecule has 3 heteroatoms. The average molecular weight is 157 g/mol. The largest absolute Gasteiger partial charge is 0.398 e. The number of nitrogens with two attached hydrogens (primary N) is 1. The smallest absolute Gasteiger partial charge is 0.0770 e. The molecule has 3 N–H and O–H groups in total. The van der Waals surface area contributed by atoms with Crippen molar-refractivity contribution in [1.82, 2.24) is 0 Å². The highest BCUT2D eigenvalue weighted by atomic mass is 32.2. The first-order valence-electron chi connectivity index (χ1n) is 3.14. The van der Waals surface area contributed by atoms with Crippen LogP contribution in [-0.4, -0.2) is 17.5 Å². The van der Waals surface area contributed by atoms with Crippen LogP contribution in [0.3, 0.4) is 0 Å². The zero-order valence-electron chi connectivity index (χ0n) is 5.87. The van der Waals surface area contributed by atoms with Crippen LogP contribution in [-0.2, 0) is 0 Å². The molecule has 0 fully saturated rings. The van der Waals surface area contributed by atoms with Crippen LogP contribution < -0.4 is 5.73 Å². The molecule has 0 saturated heterocycles. The predicted octanol–water partition coefficient (Wildman–Crippen LogP) is 0.841. The highest BCUT2D eigenvalue weighted by Crippen LogP contribution is 2.23. The Bertz CT molecular complexity index is 186. The van der Waals surface area contributed by atoms with E-state index in [1.807, 2.05) is 12.3 Å². The minimum atomic E-state index is -0.338. The van der Waals surface area contributed by atoms with Crippen molar-refractivity contribution in [2.75, 3.05) is 6.26 Å². The zero-order chi connectivity index (χ0) is 7.56. The molecule has 1 unspecified atom stereocenters. The molecule has 1 rings (SSSR count). The van der Waals surface area contributed by atoms with Crippen LogP contribution >= 0.6 is 11.8 Å². The van der Waals surface area contributed by atoms with Gasteiger partial charge in [0.2, 0.25) is 0 Å². The van der Waals surface area contributed by atoms with Crippen molar-refractivity contribution in [3.8, 4) is 0 Å². The van der Waals surface area contributed by atoms with E-state index in [4.69, 9.17) is 10.8 Å². The molecular weight excluding hydrogens is 146 g/mol. The topological polar surface area (TPSA) is 46.2 Å². The van der Waals surface area contributed by atoms with Gasteiger partial charge in [0.15, 0.2) is 0 Å². The molecule has 1 aliphatic carbocycles. The van der Waals surface area contributed by atoms with E-state index < -0.39 is 0 Å². The van der Waals surface area contributed by atoms with Gasteiger partial charge in [0, 0.05) is 10.6 Å². The summed E-state index contributed by atoms with van der Waals surface area (Å²) in [6.07, 6.45) is 5.91. The molecule has 2 nitrogen and oxygen atoms in total. The molecule has 0 bridgehead atoms. The lowest BCUT2D eigenvalue weighted by molar-refractivity contribution is 0.225. The second-order valence-corrected chi connectivity index (χ2v) is 3.05. The van der Waals surface area contributed by atoms with Gasteiger partial charge in [0.1, 0.15) is 0 Å². The molecule has 0 amide bonds. The fraction of sp³-hybridized carbons (Fsp3) is 0.429. The molecule has 0 radical (unpaired) electrons. The third-order valence-electron chi connectivity index (χ3n) is 1.43. The summed E-state index contributed by atoms with van der Waals surface area (Å²) >= 11 is 1.57. The van der Waals surface area contributed by atoms with Crippen LogP contribution in [0, 0.1) is 0 Å². The van der Waals surface area contributed by atoms with E-state index in [9.17, 15) is 0 Å². The standard InChI is InChI=1S/C7H11NOS/c1-10-7-4-5(9)2-3-6(7)8/h3-5,9H,2,8H2,1H3. The van der Waals surface area contributed by atoms with Crippen molar-refractivity contribution in [1.29, 1.82) is 0 Å². The molecule has 0 aromatic rings. The second kappa shape index (κ2) is 3.12. The molecule has 0 spiro atoms. The Morgan fingerprint density at radius 1 is 1.80 bits per heavy atom. The van der Waals surface area contributed by atoms with E-state index in [0.29, 0.717) is 6.42 Å². The summed E-state index contributed by atoms with van der Waals surface area (Å²) in [4.78, 5) is 0.985. The number of thioether (sulfide) groups is 1. The van der Waals surface area contributed by atoms with E-state index >= 15 is 0 Å². The average Bonchev–Trinajstić information content (AvgIpc) is 1.94. The number of aliphatic hydroxyl groups excluding tert-OH is 1. The maximum absolute atomic E-state index is 9.14. The van der Waals surface area contributed by atoms with Gasteiger partial charge < -0.3 is 10.8 Å². The predicted molar refractivity (Wildman–Crippen MR) is 44.5 cm³/mol. The lowest BCUT2D eigenvalue weighted by atomic mass is 10.1. The summed E-state index contributed by atoms with van der Waals surface area (Å²) in [7, 11) is 0. The molecule has 1 aliphatic rings. The number of rotatable bonds is 1. The van der Waals surface area contributed by atoms with E-state index in [-0.39, 0.29) is 6.10 Å². The third-order valence-corrected chi connectivity index (χ3v) is 2.24. The summed E-state index contributed by atoms with van der Waals surface area (Å²) in [5.41, 5.74) is 6.40. The number of aliphatic hydroxyl groups is 1. The molecule has 0 saturated carbocycles. The summed E-state index contributed by atoms with van der Waals surface area (Å²) in [6.45, 7) is 0. The van der Waals surface area contributed by atoms with Gasteiger partial charge >= 0.3 is 0 Å². The van der Waals surface area contributed by atoms with Crippen LogP contribution in [0.5, 0.6) is 0 Å². The quantitative estimate of drug-likeness (QED) is 0.593. The van der Waals surface area contributed by atoms with E-state index in [2.05, 4.69) is 0 Å². The van der Waals surface area contributed by atoms with E-state index in [1.165, 1.54) is 0 Å². The molecule has 0 heterocycles. The highest BCUT2D eigenvalue weighted by molar-refractivity contribution is 8.02. The van der Waals surface area contributed by atoms with Gasteiger partial charge in [-0.2, -0.15) is 0 Å². The van der Waals surface area contributed by atoms with Gasteiger partial charge in [-0.05, 0) is 18.8 Å². The van der Waals surface area contributed by atoms with Crippen LogP contribution in [0.2, 0.25) is 0 Å². The fourth-order valence-electron chi connectivity index (χ4n) is 0.873. The lowest BCUT2D eigenvalue weighted by Crippen LogP contribution is -2.11. The zero-order valence-corrected chi connectivity index (χ0v) is 6.69. The number of hydrogen-bond donors (Lipinski definition) is 2. The summed E-state index contributed by atoms with van der Waals surface area (Å²) in [6, 6.07) is 0. The molecule has 0 aliphatic heterocycles. The van der Waals surface area contributed by atoms with Crippen LogP contribution in [0.4, 0.5) is 0 Å². The molecule has 1 atom stereocenters. The molecule has 0 aromatic heterocycles. The lowest BCUT2D eigenvalue weighted by Gasteiger charge is -2.13. The van der Waals surface area contributed by atoms with Crippen LogP contribution in [0.15, 0.2) is 22.8 Å². The highest BCUT2D eigenvalue weighted by Gasteiger charge is 2.09. The Labute approximate surface area is 64.8 Å². The monoisotopic (exact) mass is 157 g/mol. The van der Waals surface area contributed by atoms with Crippen molar-refractivity contribution in [2.24, 2.45) is 5.73 Å². The van der Waals surface area contributed by atoms with Crippen molar-refractivity contribution < 1.29 is 5.11 Å². The molecular formula is C7H11NOS. The summed E-state index contributed by atoms with van der Waals surface area (Å²) in [5, 5.41) is 9.14. The minimum absolute atomic E-state index is 0.338. The first-order chi connectivity index (χ1) is 4.74. The summed E-state index contributed by atoms with van der Waals surface area (Å²) < 4.78 is 0. The van der Waals surface area contributed by atoms with Gasteiger partial charge in [0.25, 0.3) is 0 Å². The minimum Gasteiger partial charge on any atom is -0.398 e. The first-order valence-corrected chi connectivity index (χ1v) is 4.36. The van der Waals surface area contributed by atoms with Gasteiger partial charge in [-0.1, -0.05) is 6.08 Å². The van der Waals surface area contributed by atoms with Crippen molar-refractivity contribution in [3.05, 3.63) is 22.8 Å². The second-order valence-electron chi connectivity index (χ2n) is 2.20. The molecule has 0 aromatic carbocycles. The van der Waals surface area contributed by atoms with Crippen LogP contribution in [0.25, 0.3) is 0 Å². The molecule has 56 valence electrons. The summed E-state index contributed by atoms with van der Waals surface area (Å²) in [5.74, 6) is 0. The van der Waals surface area contributed by atoms with Gasteiger partial charge in [-0.3, -0.25) is 0 Å². The van der Waals surface area contributed by atoms with E-state index in [1.54, 1.807) is 17.8 Å². The maximum Gasteiger partial charge on any atom is 0.0770 e. The van der Waals surface area contributed by atoms with E-state index in [0.717, 1.165) is 10.6 Å². The SMILES string of the molecule is CSC1=CC(O)CC=C1N. The van der Waals surface area contributed by atoms with Gasteiger partial charge in [-0.25, -0.2) is 0 Å². The Morgan fingerprint density at radius 2 is 2.50 bits per heavy atom. The van der Waals surface area contributed by atoms with Crippen molar-refractivity contribution in [2.45, 2.75) is 12.5 Å². The van der Waals surface area contributed by atoms with Gasteiger partial charge in [-0.15, -0.1) is 11.8 Å².